The second-order valence-electron chi connectivity index (χ2n) is 5.19. The molecule has 0 unspecified atom stereocenters. The number of carbonyl (C=O) groups is 1. The van der Waals surface area contributed by atoms with Gasteiger partial charge in [-0.15, -0.1) is 0 Å². The molecule has 1 aromatic heterocycles. The van der Waals surface area contributed by atoms with Crippen LogP contribution in [0.4, 0.5) is 0 Å². The highest BCUT2D eigenvalue weighted by Gasteiger charge is 2.42. The lowest BCUT2D eigenvalue weighted by atomic mass is 9.97. The van der Waals surface area contributed by atoms with Gasteiger partial charge in [0.15, 0.2) is 0 Å². The van der Waals surface area contributed by atoms with Crippen LogP contribution in [0.1, 0.15) is 17.3 Å². The summed E-state index contributed by atoms with van der Waals surface area (Å²) < 4.78 is 4.91. The molecule has 0 amide bonds. The van der Waals surface area contributed by atoms with Crippen LogP contribution < -0.4 is 0 Å². The Bertz CT molecular complexity index is 618. The van der Waals surface area contributed by atoms with Crippen LogP contribution in [0.5, 0.6) is 0 Å². The highest BCUT2D eigenvalue weighted by molar-refractivity contribution is 5.73. The molecule has 22 heavy (non-hydrogen) atoms. The van der Waals surface area contributed by atoms with Crippen LogP contribution in [-0.4, -0.2) is 29.7 Å². The minimum Gasteiger partial charge on any atom is -0.469 e. The highest BCUT2D eigenvalue weighted by atomic mass is 16.7. The lowest BCUT2D eigenvalue weighted by Crippen LogP contribution is -2.29. The number of ether oxygens (including phenoxy) is 1. The van der Waals surface area contributed by atoms with Crippen molar-refractivity contribution in [2.45, 2.75) is 12.6 Å². The first-order chi connectivity index (χ1) is 10.8. The summed E-state index contributed by atoms with van der Waals surface area (Å²) in [6, 6.07) is 15.4. The third kappa shape index (κ3) is 3.00. The van der Waals surface area contributed by atoms with Crippen molar-refractivity contribution >= 4 is 5.97 Å². The molecule has 1 aromatic carbocycles. The quantitative estimate of drug-likeness (QED) is 0.811. The summed E-state index contributed by atoms with van der Waals surface area (Å²) in [5.41, 5.74) is 1.93. The van der Waals surface area contributed by atoms with Crippen molar-refractivity contribution in [2.24, 2.45) is 5.92 Å². The standard InChI is InChI=1S/C17H18N2O3/c1-21-17(20)14-12-22-19(11-13-7-3-2-4-8-13)16(14)15-9-5-6-10-18-15/h2-10,14,16H,11-12H2,1H3/t14-,16+/m0/s1. The van der Waals surface area contributed by atoms with E-state index in [1.807, 2.05) is 53.6 Å². The number of hydrogen-bond acceptors (Lipinski definition) is 5. The molecule has 0 bridgehead atoms. The van der Waals surface area contributed by atoms with Crippen molar-refractivity contribution in [1.82, 2.24) is 10.0 Å². The van der Waals surface area contributed by atoms with Crippen LogP contribution in [-0.2, 0) is 20.9 Å². The molecule has 114 valence electrons. The Morgan fingerprint density at radius 1 is 1.27 bits per heavy atom. The molecule has 2 atom stereocenters. The van der Waals surface area contributed by atoms with E-state index in [1.54, 1.807) is 6.20 Å². The fourth-order valence-corrected chi connectivity index (χ4v) is 2.71. The molecule has 1 aliphatic rings. The Balaban J connectivity index is 1.87. The summed E-state index contributed by atoms with van der Waals surface area (Å²) in [5.74, 6) is -0.644. The van der Waals surface area contributed by atoms with Gasteiger partial charge in [-0.2, -0.15) is 5.06 Å². The van der Waals surface area contributed by atoms with Crippen LogP contribution in [0.15, 0.2) is 54.7 Å². The highest BCUT2D eigenvalue weighted by Crippen LogP contribution is 2.36. The molecule has 1 saturated heterocycles. The maximum atomic E-state index is 12.0. The van der Waals surface area contributed by atoms with Crippen molar-refractivity contribution < 1.29 is 14.4 Å². The van der Waals surface area contributed by atoms with E-state index >= 15 is 0 Å². The van der Waals surface area contributed by atoms with Crippen LogP contribution in [0.3, 0.4) is 0 Å². The van der Waals surface area contributed by atoms with Gasteiger partial charge in [0, 0.05) is 12.7 Å². The van der Waals surface area contributed by atoms with Crippen LogP contribution in [0.2, 0.25) is 0 Å². The van der Waals surface area contributed by atoms with Gasteiger partial charge in [0.05, 0.1) is 25.5 Å². The normalized spacial score (nSPS) is 21.7. The monoisotopic (exact) mass is 298 g/mol. The van der Waals surface area contributed by atoms with Gasteiger partial charge in [-0.1, -0.05) is 36.4 Å². The molecule has 2 heterocycles. The minimum absolute atomic E-state index is 0.242. The minimum atomic E-state index is -0.372. The molecule has 2 aromatic rings. The van der Waals surface area contributed by atoms with Crippen molar-refractivity contribution in [3.05, 3.63) is 66.0 Å². The summed E-state index contributed by atoms with van der Waals surface area (Å²) >= 11 is 0. The fourth-order valence-electron chi connectivity index (χ4n) is 2.71. The number of esters is 1. The Morgan fingerprint density at radius 3 is 2.73 bits per heavy atom. The zero-order valence-electron chi connectivity index (χ0n) is 12.4. The Morgan fingerprint density at radius 2 is 2.05 bits per heavy atom. The van der Waals surface area contributed by atoms with Gasteiger partial charge in [0.1, 0.15) is 5.92 Å². The van der Waals surface area contributed by atoms with Gasteiger partial charge in [-0.05, 0) is 17.7 Å². The number of benzene rings is 1. The van der Waals surface area contributed by atoms with Crippen molar-refractivity contribution in [2.75, 3.05) is 13.7 Å². The topological polar surface area (TPSA) is 51.7 Å². The Labute approximate surface area is 129 Å². The Hall–Kier alpha value is -2.24. The predicted octanol–water partition coefficient (Wildman–Crippen LogP) is 2.36. The first-order valence-electron chi connectivity index (χ1n) is 7.22. The lowest BCUT2D eigenvalue weighted by Gasteiger charge is -2.24. The lowest BCUT2D eigenvalue weighted by molar-refractivity contribution is -0.146. The average molecular weight is 298 g/mol. The van der Waals surface area contributed by atoms with E-state index < -0.39 is 0 Å². The van der Waals surface area contributed by atoms with Crippen LogP contribution in [0.25, 0.3) is 0 Å². The Kier molecular flexibility index (Phi) is 4.46. The predicted molar refractivity (Wildman–Crippen MR) is 80.4 cm³/mol. The molecule has 0 radical (unpaired) electrons. The molecule has 0 aliphatic carbocycles. The smallest absolute Gasteiger partial charge is 0.313 e. The van der Waals surface area contributed by atoms with Gasteiger partial charge < -0.3 is 4.74 Å². The first kappa shape index (κ1) is 14.7. The SMILES string of the molecule is COC(=O)[C@H]1CON(Cc2ccccc2)[C@H]1c1ccccn1. The van der Waals surface area contributed by atoms with E-state index in [0.29, 0.717) is 13.2 Å². The van der Waals surface area contributed by atoms with E-state index in [0.717, 1.165) is 11.3 Å². The van der Waals surface area contributed by atoms with Gasteiger partial charge in [0.25, 0.3) is 0 Å². The summed E-state index contributed by atoms with van der Waals surface area (Å²) in [5, 5.41) is 1.82. The van der Waals surface area contributed by atoms with Gasteiger partial charge >= 0.3 is 5.97 Å². The van der Waals surface area contributed by atoms with E-state index in [-0.39, 0.29) is 17.9 Å². The van der Waals surface area contributed by atoms with Crippen LogP contribution in [0, 0.1) is 5.92 Å². The van der Waals surface area contributed by atoms with E-state index in [4.69, 9.17) is 9.57 Å². The number of pyridine rings is 1. The molecule has 5 nitrogen and oxygen atoms in total. The average Bonchev–Trinajstić information content (AvgIpc) is 2.99. The molecule has 0 saturated carbocycles. The van der Waals surface area contributed by atoms with Gasteiger partial charge in [-0.25, -0.2) is 0 Å². The van der Waals surface area contributed by atoms with E-state index in [9.17, 15) is 4.79 Å². The van der Waals surface area contributed by atoms with Crippen molar-refractivity contribution in [1.29, 1.82) is 0 Å². The maximum Gasteiger partial charge on any atom is 0.313 e. The summed E-state index contributed by atoms with van der Waals surface area (Å²) in [6.07, 6.45) is 1.72. The van der Waals surface area contributed by atoms with Crippen LogP contribution >= 0.6 is 0 Å². The molecule has 3 rings (SSSR count). The van der Waals surface area contributed by atoms with Gasteiger partial charge in [-0.3, -0.25) is 14.6 Å². The summed E-state index contributed by atoms with van der Waals surface area (Å²) in [7, 11) is 1.40. The number of hydroxylamine groups is 2. The third-order valence-corrected chi connectivity index (χ3v) is 3.79. The summed E-state index contributed by atoms with van der Waals surface area (Å²) in [6.45, 7) is 0.899. The second kappa shape index (κ2) is 6.68. The molecular weight excluding hydrogens is 280 g/mol. The third-order valence-electron chi connectivity index (χ3n) is 3.79. The van der Waals surface area contributed by atoms with Crippen molar-refractivity contribution in [3.63, 3.8) is 0 Å². The van der Waals surface area contributed by atoms with E-state index in [2.05, 4.69) is 4.98 Å². The van der Waals surface area contributed by atoms with Crippen molar-refractivity contribution in [3.8, 4) is 0 Å². The fraction of sp³-hybridized carbons (Fsp3) is 0.294. The first-order valence-corrected chi connectivity index (χ1v) is 7.22. The number of methoxy groups -OCH3 is 1. The molecule has 1 aliphatic heterocycles. The second-order valence-corrected chi connectivity index (χ2v) is 5.19. The zero-order chi connectivity index (χ0) is 15.4. The molecule has 0 N–H and O–H groups in total. The van der Waals surface area contributed by atoms with Gasteiger partial charge in [0.2, 0.25) is 0 Å². The number of aromatic nitrogens is 1. The molecular formula is C17H18N2O3. The summed E-state index contributed by atoms with van der Waals surface area (Å²) in [4.78, 5) is 22.2. The number of rotatable bonds is 4. The molecule has 0 spiro atoms. The van der Waals surface area contributed by atoms with E-state index in [1.165, 1.54) is 7.11 Å². The molecule has 1 fully saturated rings. The number of nitrogens with zero attached hydrogens (tertiary/aromatic N) is 2. The largest absolute Gasteiger partial charge is 0.469 e. The number of hydrogen-bond donors (Lipinski definition) is 0. The number of carbonyl (C=O) groups excluding carboxylic acids is 1. The molecule has 5 heteroatoms. The zero-order valence-corrected chi connectivity index (χ0v) is 12.4. The maximum absolute atomic E-state index is 12.0.